The lowest BCUT2D eigenvalue weighted by atomic mass is 10.2. The fourth-order valence-corrected chi connectivity index (χ4v) is 5.02. The molecule has 1 aromatic rings. The molecule has 0 saturated carbocycles. The van der Waals surface area contributed by atoms with Crippen LogP contribution in [0.15, 0.2) is 29.2 Å². The van der Waals surface area contributed by atoms with Crippen molar-refractivity contribution in [1.82, 2.24) is 9.21 Å². The minimum Gasteiger partial charge on any atom is -0.297 e. The van der Waals surface area contributed by atoms with Gasteiger partial charge in [0.05, 0.1) is 4.90 Å². The third-order valence-corrected chi connectivity index (χ3v) is 7.32. The summed E-state index contributed by atoms with van der Waals surface area (Å²) < 4.78 is 25.5. The Hall–Kier alpha value is -0.210. The Morgan fingerprint density at radius 2 is 1.85 bits per heavy atom. The third-order valence-electron chi connectivity index (χ3n) is 3.15. The van der Waals surface area contributed by atoms with Gasteiger partial charge in [-0.15, -0.1) is 0 Å². The summed E-state index contributed by atoms with van der Waals surface area (Å²) >= 11 is 0. The molecular weight excluding hydrogens is 312 g/mol. The molecule has 2 rings (SSSR count). The quantitative estimate of drug-likeness (QED) is 0.790. The van der Waals surface area contributed by atoms with E-state index in [-0.39, 0.29) is 0 Å². The molecule has 0 amide bonds. The lowest BCUT2D eigenvalue weighted by molar-refractivity contribution is 0.302. The Bertz CT molecular complexity index is 538. The molecule has 0 bridgehead atoms. The standard InChI is InChI=1S/C13H20N2O2S3/c1-14(2)20(16,17)13-5-3-4-12(10-13)11-15-6-8-18-19-9-7-15/h3-5,10H,6-9,11H2,1-2H3. The smallest absolute Gasteiger partial charge is 0.242 e. The number of benzene rings is 1. The molecule has 0 aliphatic carbocycles. The first-order valence-electron chi connectivity index (χ1n) is 6.48. The summed E-state index contributed by atoms with van der Waals surface area (Å²) in [5.74, 6) is 2.25. The van der Waals surface area contributed by atoms with Gasteiger partial charge in [0.25, 0.3) is 0 Å². The fraction of sp³-hybridized carbons (Fsp3) is 0.538. The predicted octanol–water partition coefficient (Wildman–Crippen LogP) is 2.13. The number of nitrogens with zero attached hydrogens (tertiary/aromatic N) is 2. The molecule has 1 fully saturated rings. The predicted molar refractivity (Wildman–Crippen MR) is 87.5 cm³/mol. The number of hydrogen-bond acceptors (Lipinski definition) is 5. The zero-order chi connectivity index (χ0) is 14.6. The molecule has 4 nitrogen and oxygen atoms in total. The van der Waals surface area contributed by atoms with Gasteiger partial charge in [-0.2, -0.15) is 0 Å². The minimum atomic E-state index is -3.34. The van der Waals surface area contributed by atoms with E-state index in [0.29, 0.717) is 4.90 Å². The van der Waals surface area contributed by atoms with Crippen LogP contribution >= 0.6 is 21.6 Å². The highest BCUT2D eigenvalue weighted by molar-refractivity contribution is 8.76. The highest BCUT2D eigenvalue weighted by Gasteiger charge is 2.18. The van der Waals surface area contributed by atoms with Gasteiger partial charge >= 0.3 is 0 Å². The van der Waals surface area contributed by atoms with Gasteiger partial charge in [0.2, 0.25) is 10.0 Å². The van der Waals surface area contributed by atoms with E-state index in [9.17, 15) is 8.42 Å². The van der Waals surface area contributed by atoms with Crippen molar-refractivity contribution in [3.63, 3.8) is 0 Å². The van der Waals surface area contributed by atoms with Crippen LogP contribution in [0.25, 0.3) is 0 Å². The van der Waals surface area contributed by atoms with Gasteiger partial charge in [-0.3, -0.25) is 4.90 Å². The van der Waals surface area contributed by atoms with Crippen LogP contribution in [0.5, 0.6) is 0 Å². The SMILES string of the molecule is CN(C)S(=O)(=O)c1cccc(CN2CCSSCC2)c1. The number of hydrogen-bond donors (Lipinski definition) is 0. The van der Waals surface area contributed by atoms with E-state index in [1.54, 1.807) is 26.2 Å². The molecule has 7 heteroatoms. The second-order valence-electron chi connectivity index (χ2n) is 4.85. The first-order chi connectivity index (χ1) is 9.50. The largest absolute Gasteiger partial charge is 0.297 e. The Labute approximate surface area is 129 Å². The average Bonchev–Trinajstić information content (AvgIpc) is 2.67. The van der Waals surface area contributed by atoms with Crippen LogP contribution in [-0.4, -0.2) is 56.3 Å². The highest BCUT2D eigenvalue weighted by Crippen LogP contribution is 2.25. The first-order valence-corrected chi connectivity index (χ1v) is 10.4. The van der Waals surface area contributed by atoms with E-state index in [4.69, 9.17) is 0 Å². The summed E-state index contributed by atoms with van der Waals surface area (Å²) in [7, 11) is 3.61. The molecule has 0 N–H and O–H groups in total. The maximum absolute atomic E-state index is 12.1. The van der Waals surface area contributed by atoms with Crippen LogP contribution < -0.4 is 0 Å². The molecule has 0 aromatic heterocycles. The van der Waals surface area contributed by atoms with Gasteiger partial charge in [0.15, 0.2) is 0 Å². The van der Waals surface area contributed by atoms with E-state index in [1.165, 1.54) is 4.31 Å². The molecule has 1 saturated heterocycles. The maximum Gasteiger partial charge on any atom is 0.242 e. The van der Waals surface area contributed by atoms with Gasteiger partial charge in [-0.05, 0) is 17.7 Å². The Balaban J connectivity index is 2.13. The van der Waals surface area contributed by atoms with Crippen LogP contribution in [0, 0.1) is 0 Å². The first kappa shape index (κ1) is 16.2. The molecule has 0 unspecified atom stereocenters. The molecule has 1 aliphatic rings. The normalized spacial score (nSPS) is 18.1. The highest BCUT2D eigenvalue weighted by atomic mass is 33.1. The van der Waals surface area contributed by atoms with Crippen molar-refractivity contribution in [2.75, 3.05) is 38.7 Å². The van der Waals surface area contributed by atoms with Crippen LogP contribution in [0.4, 0.5) is 0 Å². The molecule has 0 spiro atoms. The molecule has 112 valence electrons. The molecule has 1 heterocycles. The van der Waals surface area contributed by atoms with Crippen molar-refractivity contribution in [2.45, 2.75) is 11.4 Å². The third kappa shape index (κ3) is 4.14. The van der Waals surface area contributed by atoms with Gasteiger partial charge in [0.1, 0.15) is 0 Å². The zero-order valence-corrected chi connectivity index (χ0v) is 14.2. The van der Waals surface area contributed by atoms with E-state index in [0.717, 1.165) is 36.7 Å². The van der Waals surface area contributed by atoms with Crippen molar-refractivity contribution in [2.24, 2.45) is 0 Å². The molecule has 1 aromatic carbocycles. The van der Waals surface area contributed by atoms with Crippen molar-refractivity contribution in [3.05, 3.63) is 29.8 Å². The minimum absolute atomic E-state index is 0.374. The zero-order valence-electron chi connectivity index (χ0n) is 11.8. The van der Waals surface area contributed by atoms with Crippen molar-refractivity contribution >= 4 is 31.6 Å². The lowest BCUT2D eigenvalue weighted by Crippen LogP contribution is -2.27. The summed E-state index contributed by atoms with van der Waals surface area (Å²) in [5, 5.41) is 0. The van der Waals surface area contributed by atoms with Crippen LogP contribution in [0.3, 0.4) is 0 Å². The van der Waals surface area contributed by atoms with Crippen LogP contribution in [0.2, 0.25) is 0 Å². The van der Waals surface area contributed by atoms with Crippen LogP contribution in [0.1, 0.15) is 5.56 Å². The molecule has 20 heavy (non-hydrogen) atoms. The van der Waals surface area contributed by atoms with Crippen molar-refractivity contribution in [1.29, 1.82) is 0 Å². The summed E-state index contributed by atoms with van der Waals surface area (Å²) in [5.41, 5.74) is 1.06. The topological polar surface area (TPSA) is 40.6 Å². The molecule has 0 radical (unpaired) electrons. The second kappa shape index (κ2) is 7.17. The van der Waals surface area contributed by atoms with Crippen molar-refractivity contribution < 1.29 is 8.42 Å². The van der Waals surface area contributed by atoms with Gasteiger partial charge < -0.3 is 0 Å². The summed E-state index contributed by atoms with van der Waals surface area (Å²) in [6.45, 7) is 2.93. The lowest BCUT2D eigenvalue weighted by Gasteiger charge is -2.19. The Morgan fingerprint density at radius 1 is 1.20 bits per heavy atom. The molecule has 1 aliphatic heterocycles. The van der Waals surface area contributed by atoms with E-state index in [1.807, 2.05) is 33.7 Å². The summed E-state index contributed by atoms with van der Waals surface area (Å²) in [6.07, 6.45) is 0. The Kier molecular flexibility index (Phi) is 5.80. The molecule has 0 atom stereocenters. The fourth-order valence-electron chi connectivity index (χ4n) is 1.99. The van der Waals surface area contributed by atoms with Gasteiger partial charge in [-0.1, -0.05) is 33.7 Å². The molecular formula is C13H20N2O2S3. The second-order valence-corrected chi connectivity index (χ2v) is 9.71. The van der Waals surface area contributed by atoms with Gasteiger partial charge in [0, 0.05) is 45.2 Å². The van der Waals surface area contributed by atoms with Crippen LogP contribution in [-0.2, 0) is 16.6 Å². The van der Waals surface area contributed by atoms with E-state index in [2.05, 4.69) is 4.90 Å². The summed E-state index contributed by atoms with van der Waals surface area (Å²) in [4.78, 5) is 2.76. The number of rotatable bonds is 4. The maximum atomic E-state index is 12.1. The van der Waals surface area contributed by atoms with E-state index >= 15 is 0 Å². The Morgan fingerprint density at radius 3 is 2.45 bits per heavy atom. The van der Waals surface area contributed by atoms with Gasteiger partial charge in [-0.25, -0.2) is 12.7 Å². The average molecular weight is 333 g/mol. The van der Waals surface area contributed by atoms with E-state index < -0.39 is 10.0 Å². The van der Waals surface area contributed by atoms with Crippen molar-refractivity contribution in [3.8, 4) is 0 Å². The monoisotopic (exact) mass is 332 g/mol. The number of sulfonamides is 1. The summed E-state index contributed by atoms with van der Waals surface area (Å²) in [6, 6.07) is 7.28.